The van der Waals surface area contributed by atoms with Crippen molar-refractivity contribution in [1.82, 2.24) is 15.1 Å². The minimum absolute atomic E-state index is 0.00877. The Morgan fingerprint density at radius 3 is 2.92 bits per heavy atom. The molecule has 0 bridgehead atoms. The van der Waals surface area contributed by atoms with Crippen molar-refractivity contribution in [3.8, 4) is 5.75 Å². The molecule has 126 valence electrons. The van der Waals surface area contributed by atoms with Crippen LogP contribution in [0.3, 0.4) is 0 Å². The summed E-state index contributed by atoms with van der Waals surface area (Å²) in [6.45, 7) is 2.77. The lowest BCUT2D eigenvalue weighted by atomic mass is 9.86. The first-order valence-electron chi connectivity index (χ1n) is 8.80. The number of para-hydroxylation sites is 1. The van der Waals surface area contributed by atoms with E-state index in [1.54, 1.807) is 17.1 Å². The molecule has 5 nitrogen and oxygen atoms in total. The number of amides is 1. The fourth-order valence-electron chi connectivity index (χ4n) is 3.97. The van der Waals surface area contributed by atoms with E-state index in [9.17, 15) is 4.79 Å². The van der Waals surface area contributed by atoms with Crippen LogP contribution < -0.4 is 10.1 Å². The monoisotopic (exact) mass is 325 g/mol. The Morgan fingerprint density at radius 2 is 2.17 bits per heavy atom. The van der Waals surface area contributed by atoms with Gasteiger partial charge in [-0.05, 0) is 38.7 Å². The molecule has 1 aliphatic heterocycles. The minimum atomic E-state index is -0.111. The Hall–Kier alpha value is -2.30. The molecule has 1 N–H and O–H groups in total. The van der Waals surface area contributed by atoms with Gasteiger partial charge in [-0.2, -0.15) is 5.10 Å². The number of aryl methyl sites for hydroxylation is 1. The maximum atomic E-state index is 12.7. The minimum Gasteiger partial charge on any atom is -0.487 e. The number of rotatable bonds is 3. The lowest BCUT2D eigenvalue weighted by molar-refractivity contribution is 0.0360. The fraction of sp³-hybridized carbons (Fsp3) is 0.474. The molecule has 1 amide bonds. The van der Waals surface area contributed by atoms with Crippen LogP contribution in [0.4, 0.5) is 0 Å². The Labute approximate surface area is 142 Å². The van der Waals surface area contributed by atoms with Crippen LogP contribution in [0.2, 0.25) is 0 Å². The number of nitrogens with one attached hydrogen (secondary N) is 1. The zero-order chi connectivity index (χ0) is 16.6. The summed E-state index contributed by atoms with van der Waals surface area (Å²) < 4.78 is 8.12. The van der Waals surface area contributed by atoms with Crippen molar-refractivity contribution in [3.05, 3.63) is 47.8 Å². The molecular weight excluding hydrogens is 302 g/mol. The molecule has 1 atom stereocenters. The number of fused-ring (bicyclic) bond motifs is 1. The SMILES string of the molecule is CCn1cc(C(=O)N[C@@H]2CC3(CCCC3)Oc3ccccc32)cn1. The first-order chi connectivity index (χ1) is 11.7. The molecule has 5 heteroatoms. The summed E-state index contributed by atoms with van der Waals surface area (Å²) in [5, 5.41) is 7.40. The van der Waals surface area contributed by atoms with Gasteiger partial charge < -0.3 is 10.1 Å². The fourth-order valence-corrected chi connectivity index (χ4v) is 3.97. The molecular formula is C19H23N3O2. The smallest absolute Gasteiger partial charge is 0.254 e. The molecule has 24 heavy (non-hydrogen) atoms. The van der Waals surface area contributed by atoms with E-state index in [1.807, 2.05) is 25.1 Å². The van der Waals surface area contributed by atoms with Crippen molar-refractivity contribution in [2.45, 2.75) is 57.2 Å². The highest BCUT2D eigenvalue weighted by Crippen LogP contribution is 2.47. The van der Waals surface area contributed by atoms with Crippen LogP contribution in [0.25, 0.3) is 0 Å². The lowest BCUT2D eigenvalue weighted by Gasteiger charge is -2.40. The molecule has 2 aliphatic rings. The second-order valence-electron chi connectivity index (χ2n) is 6.84. The van der Waals surface area contributed by atoms with Gasteiger partial charge in [-0.25, -0.2) is 0 Å². The summed E-state index contributed by atoms with van der Waals surface area (Å²) in [6, 6.07) is 8.06. The van der Waals surface area contributed by atoms with E-state index in [2.05, 4.69) is 16.5 Å². The zero-order valence-corrected chi connectivity index (χ0v) is 14.0. The average molecular weight is 325 g/mol. The van der Waals surface area contributed by atoms with Crippen LogP contribution in [-0.4, -0.2) is 21.3 Å². The Morgan fingerprint density at radius 1 is 1.38 bits per heavy atom. The van der Waals surface area contributed by atoms with Gasteiger partial charge in [0.15, 0.2) is 0 Å². The molecule has 0 saturated heterocycles. The quantitative estimate of drug-likeness (QED) is 0.940. The van der Waals surface area contributed by atoms with Crippen LogP contribution in [0.1, 0.15) is 61.0 Å². The molecule has 2 aromatic rings. The van der Waals surface area contributed by atoms with Gasteiger partial charge in [-0.3, -0.25) is 9.48 Å². The molecule has 4 rings (SSSR count). The number of carbonyl (C=O) groups is 1. The third kappa shape index (κ3) is 2.68. The topological polar surface area (TPSA) is 56.2 Å². The van der Waals surface area contributed by atoms with Gasteiger partial charge in [0.25, 0.3) is 5.91 Å². The molecule has 0 unspecified atom stereocenters. The number of hydrogen-bond donors (Lipinski definition) is 1. The maximum absolute atomic E-state index is 12.7. The Balaban J connectivity index is 1.60. The Kier molecular flexibility index (Phi) is 3.79. The van der Waals surface area contributed by atoms with Crippen molar-refractivity contribution < 1.29 is 9.53 Å². The van der Waals surface area contributed by atoms with Crippen molar-refractivity contribution >= 4 is 5.91 Å². The van der Waals surface area contributed by atoms with Crippen LogP contribution >= 0.6 is 0 Å². The third-order valence-electron chi connectivity index (χ3n) is 5.24. The summed E-state index contributed by atoms with van der Waals surface area (Å²) in [5.41, 5.74) is 1.58. The predicted molar refractivity (Wildman–Crippen MR) is 91.0 cm³/mol. The highest BCUT2D eigenvalue weighted by atomic mass is 16.5. The second kappa shape index (κ2) is 5.96. The van der Waals surface area contributed by atoms with E-state index in [0.29, 0.717) is 5.56 Å². The molecule has 1 aromatic heterocycles. The molecule has 1 aromatic carbocycles. The first kappa shape index (κ1) is 15.2. The van der Waals surface area contributed by atoms with Gasteiger partial charge in [-0.15, -0.1) is 0 Å². The number of hydrogen-bond acceptors (Lipinski definition) is 3. The van der Waals surface area contributed by atoms with E-state index in [1.165, 1.54) is 12.8 Å². The third-order valence-corrected chi connectivity index (χ3v) is 5.24. The van der Waals surface area contributed by atoms with Gasteiger partial charge in [0, 0.05) is 24.7 Å². The average Bonchev–Trinajstić information content (AvgIpc) is 3.24. The normalized spacial score (nSPS) is 21.3. The van der Waals surface area contributed by atoms with Gasteiger partial charge >= 0.3 is 0 Å². The molecule has 0 radical (unpaired) electrons. The van der Waals surface area contributed by atoms with E-state index in [-0.39, 0.29) is 17.6 Å². The maximum Gasteiger partial charge on any atom is 0.254 e. The van der Waals surface area contributed by atoms with Gasteiger partial charge in [0.05, 0.1) is 17.8 Å². The van der Waals surface area contributed by atoms with E-state index in [4.69, 9.17) is 4.74 Å². The number of nitrogens with zero attached hydrogens (tertiary/aromatic N) is 2. The highest BCUT2D eigenvalue weighted by Gasteiger charge is 2.43. The summed E-state index contributed by atoms with van der Waals surface area (Å²) >= 11 is 0. The molecule has 1 fully saturated rings. The predicted octanol–water partition coefficient (Wildman–Crippen LogP) is 3.47. The molecule has 1 aliphatic carbocycles. The number of aromatic nitrogens is 2. The van der Waals surface area contributed by atoms with E-state index >= 15 is 0 Å². The van der Waals surface area contributed by atoms with Crippen molar-refractivity contribution in [3.63, 3.8) is 0 Å². The van der Waals surface area contributed by atoms with Crippen LogP contribution in [-0.2, 0) is 6.54 Å². The number of benzene rings is 1. The lowest BCUT2D eigenvalue weighted by Crippen LogP contribution is -2.43. The molecule has 2 heterocycles. The van der Waals surface area contributed by atoms with Gasteiger partial charge in [0.2, 0.25) is 0 Å². The van der Waals surface area contributed by atoms with Crippen molar-refractivity contribution in [1.29, 1.82) is 0 Å². The molecule has 1 spiro atoms. The zero-order valence-electron chi connectivity index (χ0n) is 14.0. The van der Waals surface area contributed by atoms with Crippen LogP contribution in [0.5, 0.6) is 5.75 Å². The summed E-state index contributed by atoms with van der Waals surface area (Å²) in [4.78, 5) is 12.7. The van der Waals surface area contributed by atoms with Gasteiger partial charge in [-0.1, -0.05) is 18.2 Å². The van der Waals surface area contributed by atoms with E-state index < -0.39 is 0 Å². The number of carbonyl (C=O) groups excluding carboxylic acids is 1. The van der Waals surface area contributed by atoms with Crippen molar-refractivity contribution in [2.75, 3.05) is 0 Å². The second-order valence-corrected chi connectivity index (χ2v) is 6.84. The first-order valence-corrected chi connectivity index (χ1v) is 8.80. The standard InChI is InChI=1S/C19H23N3O2/c1-2-22-13-14(12-20-22)18(23)21-16-11-19(9-5-6-10-19)24-17-8-4-3-7-15(16)17/h3-4,7-8,12-13,16H,2,5-6,9-11H2,1H3,(H,21,23)/t16-/m1/s1. The van der Waals surface area contributed by atoms with E-state index in [0.717, 1.165) is 37.1 Å². The Bertz CT molecular complexity index is 747. The van der Waals surface area contributed by atoms with Crippen LogP contribution in [0, 0.1) is 0 Å². The molecule has 1 saturated carbocycles. The largest absolute Gasteiger partial charge is 0.487 e. The van der Waals surface area contributed by atoms with Gasteiger partial charge in [0.1, 0.15) is 11.4 Å². The van der Waals surface area contributed by atoms with Crippen LogP contribution in [0.15, 0.2) is 36.7 Å². The number of ether oxygens (including phenoxy) is 1. The highest BCUT2D eigenvalue weighted by molar-refractivity contribution is 5.94. The summed E-state index contributed by atoms with van der Waals surface area (Å²) in [7, 11) is 0. The summed E-state index contributed by atoms with van der Waals surface area (Å²) in [6.07, 6.45) is 8.82. The summed E-state index contributed by atoms with van der Waals surface area (Å²) in [5.74, 6) is 0.852. The van der Waals surface area contributed by atoms with Crippen molar-refractivity contribution in [2.24, 2.45) is 0 Å².